The number of benzene rings is 1. The molecule has 1 unspecified atom stereocenters. The van der Waals surface area contributed by atoms with Crippen molar-refractivity contribution >= 4 is 17.3 Å². The van der Waals surface area contributed by atoms with E-state index in [1.807, 2.05) is 6.07 Å². The molecule has 20 heavy (non-hydrogen) atoms. The van der Waals surface area contributed by atoms with Gasteiger partial charge in [-0.25, -0.2) is 0 Å². The zero-order chi connectivity index (χ0) is 13.9. The predicted molar refractivity (Wildman–Crippen MR) is 83.3 cm³/mol. The van der Waals surface area contributed by atoms with Crippen molar-refractivity contribution in [1.29, 1.82) is 0 Å². The Kier molecular flexibility index (Phi) is 4.49. The molecule has 1 saturated heterocycles. The Labute approximate surface area is 125 Å². The molecule has 0 radical (unpaired) electrons. The average Bonchev–Trinajstić information content (AvgIpc) is 3.16. The van der Waals surface area contributed by atoms with Crippen molar-refractivity contribution in [1.82, 2.24) is 5.32 Å². The van der Waals surface area contributed by atoms with Gasteiger partial charge in [-0.1, -0.05) is 17.7 Å². The number of aliphatic hydroxyl groups excluding tert-OH is 1. The Morgan fingerprint density at radius 2 is 2.15 bits per heavy atom. The summed E-state index contributed by atoms with van der Waals surface area (Å²) < 4.78 is 0. The number of hydrogen-bond donors (Lipinski definition) is 2. The van der Waals surface area contributed by atoms with Gasteiger partial charge < -0.3 is 15.3 Å². The molecular formula is C16H23ClN2O. The van der Waals surface area contributed by atoms with Crippen LogP contribution in [0.2, 0.25) is 5.02 Å². The minimum atomic E-state index is 0.296. The maximum atomic E-state index is 9.08. The van der Waals surface area contributed by atoms with Crippen LogP contribution in [0.5, 0.6) is 0 Å². The third kappa shape index (κ3) is 3.46. The number of anilines is 1. The molecule has 2 N–H and O–H groups in total. The third-order valence-corrected chi connectivity index (χ3v) is 4.60. The molecule has 110 valence electrons. The number of nitrogens with one attached hydrogen (secondary N) is 1. The topological polar surface area (TPSA) is 35.5 Å². The fourth-order valence-corrected chi connectivity index (χ4v) is 3.16. The second-order valence-electron chi connectivity index (χ2n) is 6.04. The fraction of sp³-hybridized carbons (Fsp3) is 0.625. The second kappa shape index (κ2) is 6.33. The van der Waals surface area contributed by atoms with Gasteiger partial charge in [0.2, 0.25) is 0 Å². The summed E-state index contributed by atoms with van der Waals surface area (Å²) in [5, 5.41) is 13.5. The van der Waals surface area contributed by atoms with E-state index in [4.69, 9.17) is 16.7 Å². The zero-order valence-corrected chi connectivity index (χ0v) is 12.6. The molecule has 2 fully saturated rings. The largest absolute Gasteiger partial charge is 0.396 e. The first kappa shape index (κ1) is 14.2. The van der Waals surface area contributed by atoms with Crippen molar-refractivity contribution in [2.45, 2.75) is 38.3 Å². The smallest absolute Gasteiger partial charge is 0.0434 e. The van der Waals surface area contributed by atoms with E-state index in [-0.39, 0.29) is 0 Å². The van der Waals surface area contributed by atoms with Gasteiger partial charge in [-0.15, -0.1) is 0 Å². The van der Waals surface area contributed by atoms with Crippen LogP contribution < -0.4 is 10.2 Å². The fourth-order valence-electron chi connectivity index (χ4n) is 2.99. The molecule has 0 amide bonds. The van der Waals surface area contributed by atoms with E-state index in [0.717, 1.165) is 37.1 Å². The van der Waals surface area contributed by atoms with Crippen LogP contribution in [0.3, 0.4) is 0 Å². The molecule has 1 saturated carbocycles. The summed E-state index contributed by atoms with van der Waals surface area (Å²) >= 11 is 6.18. The van der Waals surface area contributed by atoms with E-state index in [2.05, 4.69) is 22.3 Å². The van der Waals surface area contributed by atoms with Gasteiger partial charge in [-0.2, -0.15) is 0 Å². The molecule has 1 aromatic carbocycles. The number of rotatable bonds is 6. The van der Waals surface area contributed by atoms with Crippen molar-refractivity contribution in [2.75, 3.05) is 24.6 Å². The van der Waals surface area contributed by atoms with Gasteiger partial charge in [0.1, 0.15) is 0 Å². The summed E-state index contributed by atoms with van der Waals surface area (Å²) in [6.45, 7) is 3.33. The molecule has 1 aliphatic carbocycles. The Hall–Kier alpha value is -0.770. The number of aliphatic hydroxyl groups is 1. The molecule has 1 atom stereocenters. The lowest BCUT2D eigenvalue weighted by molar-refractivity contribution is 0.263. The Morgan fingerprint density at radius 1 is 1.30 bits per heavy atom. The van der Waals surface area contributed by atoms with Crippen molar-refractivity contribution in [3.05, 3.63) is 28.8 Å². The van der Waals surface area contributed by atoms with Crippen molar-refractivity contribution in [3.63, 3.8) is 0 Å². The minimum absolute atomic E-state index is 0.296. The molecule has 1 aliphatic heterocycles. The maximum absolute atomic E-state index is 9.08. The summed E-state index contributed by atoms with van der Waals surface area (Å²) in [6.07, 6.45) is 4.70. The summed E-state index contributed by atoms with van der Waals surface area (Å²) in [6, 6.07) is 6.94. The van der Waals surface area contributed by atoms with Gasteiger partial charge in [-0.3, -0.25) is 0 Å². The van der Waals surface area contributed by atoms with E-state index in [1.54, 1.807) is 0 Å². The predicted octanol–water partition coefficient (Wildman–Crippen LogP) is 2.80. The van der Waals surface area contributed by atoms with Gasteiger partial charge in [-0.05, 0) is 49.3 Å². The molecule has 2 aliphatic rings. The summed E-state index contributed by atoms with van der Waals surface area (Å²) in [4.78, 5) is 2.43. The average molecular weight is 295 g/mol. The van der Waals surface area contributed by atoms with Gasteiger partial charge in [0.15, 0.2) is 0 Å². The highest BCUT2D eigenvalue weighted by Gasteiger charge is 2.25. The SMILES string of the molecule is OCCC1CCN(c2cc(Cl)ccc2CNC2CC2)C1. The second-order valence-corrected chi connectivity index (χ2v) is 6.48. The van der Waals surface area contributed by atoms with Crippen molar-refractivity contribution in [2.24, 2.45) is 5.92 Å². The maximum Gasteiger partial charge on any atom is 0.0434 e. The van der Waals surface area contributed by atoms with Gasteiger partial charge in [0.05, 0.1) is 0 Å². The summed E-state index contributed by atoms with van der Waals surface area (Å²) in [5.41, 5.74) is 2.61. The first-order chi connectivity index (χ1) is 9.76. The van der Waals surface area contributed by atoms with Gasteiger partial charge in [0, 0.05) is 43.0 Å². The molecule has 3 rings (SSSR count). The highest BCUT2D eigenvalue weighted by atomic mass is 35.5. The molecule has 0 aromatic heterocycles. The summed E-state index contributed by atoms with van der Waals surface area (Å²) in [7, 11) is 0. The van der Waals surface area contributed by atoms with Crippen LogP contribution in [0.15, 0.2) is 18.2 Å². The highest BCUT2D eigenvalue weighted by molar-refractivity contribution is 6.30. The van der Waals surface area contributed by atoms with E-state index in [9.17, 15) is 0 Å². The van der Waals surface area contributed by atoms with E-state index in [1.165, 1.54) is 30.5 Å². The first-order valence-corrected chi connectivity index (χ1v) is 8.01. The Balaban J connectivity index is 1.71. The van der Waals surface area contributed by atoms with Crippen LogP contribution in [-0.4, -0.2) is 30.8 Å². The number of nitrogens with zero attached hydrogens (tertiary/aromatic N) is 1. The van der Waals surface area contributed by atoms with E-state index in [0.29, 0.717) is 12.5 Å². The van der Waals surface area contributed by atoms with Crippen LogP contribution in [0, 0.1) is 5.92 Å². The molecule has 1 aromatic rings. The third-order valence-electron chi connectivity index (χ3n) is 4.37. The van der Waals surface area contributed by atoms with E-state index >= 15 is 0 Å². The first-order valence-electron chi connectivity index (χ1n) is 7.64. The lowest BCUT2D eigenvalue weighted by Gasteiger charge is -2.23. The van der Waals surface area contributed by atoms with Crippen LogP contribution in [0.1, 0.15) is 31.2 Å². The van der Waals surface area contributed by atoms with Gasteiger partial charge >= 0.3 is 0 Å². The molecule has 0 spiro atoms. The quantitative estimate of drug-likeness (QED) is 0.847. The van der Waals surface area contributed by atoms with Crippen LogP contribution in [0.4, 0.5) is 5.69 Å². The standard InChI is InChI=1S/C16H23ClN2O/c17-14-2-1-13(10-18-15-3-4-15)16(9-14)19-7-5-12(11-19)6-8-20/h1-2,9,12,15,18,20H,3-8,10-11H2. The lowest BCUT2D eigenvalue weighted by Crippen LogP contribution is -2.23. The van der Waals surface area contributed by atoms with Crippen molar-refractivity contribution < 1.29 is 5.11 Å². The zero-order valence-electron chi connectivity index (χ0n) is 11.8. The highest BCUT2D eigenvalue weighted by Crippen LogP contribution is 2.31. The number of hydrogen-bond acceptors (Lipinski definition) is 3. The monoisotopic (exact) mass is 294 g/mol. The van der Waals surface area contributed by atoms with Crippen LogP contribution in [0.25, 0.3) is 0 Å². The summed E-state index contributed by atoms with van der Waals surface area (Å²) in [5.74, 6) is 0.614. The van der Waals surface area contributed by atoms with Gasteiger partial charge in [0.25, 0.3) is 0 Å². The molecule has 3 nitrogen and oxygen atoms in total. The molecule has 1 heterocycles. The normalized spacial score (nSPS) is 22.5. The van der Waals surface area contributed by atoms with Crippen LogP contribution >= 0.6 is 11.6 Å². The lowest BCUT2D eigenvalue weighted by atomic mass is 10.1. The Morgan fingerprint density at radius 3 is 2.90 bits per heavy atom. The molecule has 0 bridgehead atoms. The molecular weight excluding hydrogens is 272 g/mol. The number of halogens is 1. The van der Waals surface area contributed by atoms with Crippen LogP contribution in [-0.2, 0) is 6.54 Å². The Bertz CT molecular complexity index is 462. The van der Waals surface area contributed by atoms with E-state index < -0.39 is 0 Å². The molecule has 4 heteroatoms. The minimum Gasteiger partial charge on any atom is -0.396 e. The van der Waals surface area contributed by atoms with Crippen molar-refractivity contribution in [3.8, 4) is 0 Å².